The van der Waals surface area contributed by atoms with Gasteiger partial charge in [-0.15, -0.1) is 0 Å². The molecule has 2 heteroatoms. The minimum absolute atomic E-state index is 0.0673. The fourth-order valence-electron chi connectivity index (χ4n) is 2.52. The molecule has 0 bridgehead atoms. The van der Waals surface area contributed by atoms with E-state index in [4.69, 9.17) is 0 Å². The van der Waals surface area contributed by atoms with Crippen molar-refractivity contribution in [3.8, 4) is 0 Å². The van der Waals surface area contributed by atoms with Crippen LogP contribution < -0.4 is 0 Å². The van der Waals surface area contributed by atoms with Crippen molar-refractivity contribution >= 4 is 22.3 Å². The quantitative estimate of drug-likeness (QED) is 0.705. The maximum atomic E-state index is 12.4. The molecule has 2 aromatic carbocycles. The van der Waals surface area contributed by atoms with E-state index in [1.54, 1.807) is 0 Å². The van der Waals surface area contributed by atoms with Gasteiger partial charge < -0.3 is 0 Å². The van der Waals surface area contributed by atoms with Crippen LogP contribution in [0, 0.1) is 0 Å². The third-order valence-corrected chi connectivity index (χ3v) is 3.46. The number of hydrogen-bond donors (Lipinski definition) is 0. The minimum atomic E-state index is 0.0673. The summed E-state index contributed by atoms with van der Waals surface area (Å²) in [5, 5.41) is 1.91. The van der Waals surface area contributed by atoms with Crippen LogP contribution in [0.3, 0.4) is 0 Å². The summed E-state index contributed by atoms with van der Waals surface area (Å²) in [6.45, 7) is 3.96. The van der Waals surface area contributed by atoms with E-state index >= 15 is 0 Å². The molecule has 0 saturated heterocycles. The Bertz CT molecular complexity index is 641. The summed E-state index contributed by atoms with van der Waals surface area (Å²) in [6.07, 6.45) is 2.57. The second-order valence-electron chi connectivity index (χ2n) is 5.06. The van der Waals surface area contributed by atoms with Crippen LogP contribution in [-0.4, -0.2) is 11.6 Å². The maximum absolute atomic E-state index is 12.4. The third-order valence-electron chi connectivity index (χ3n) is 3.46. The lowest BCUT2D eigenvalue weighted by atomic mass is 9.91. The first-order valence-electron chi connectivity index (χ1n) is 7.27. The molecule has 0 radical (unpaired) electrons. The molecule has 0 amide bonds. The van der Waals surface area contributed by atoms with E-state index in [0.717, 1.165) is 23.6 Å². The Balaban J connectivity index is 2.64. The first-order valence-corrected chi connectivity index (χ1v) is 7.27. The molecule has 0 atom stereocenters. The molecule has 0 fully saturated rings. The van der Waals surface area contributed by atoms with E-state index in [-0.39, 0.29) is 11.6 Å². The topological polar surface area (TPSA) is 34.1 Å². The summed E-state index contributed by atoms with van der Waals surface area (Å²) in [4.78, 5) is 24.7. The summed E-state index contributed by atoms with van der Waals surface area (Å²) < 4.78 is 0. The number of carbonyl (C=O) groups is 2. The van der Waals surface area contributed by atoms with Gasteiger partial charge in [0.05, 0.1) is 0 Å². The van der Waals surface area contributed by atoms with Crippen LogP contribution in [0.25, 0.3) is 10.8 Å². The van der Waals surface area contributed by atoms with Crippen molar-refractivity contribution in [3.05, 3.63) is 47.5 Å². The normalized spacial score (nSPS) is 10.7. The molecule has 0 aromatic heterocycles. The zero-order chi connectivity index (χ0) is 14.5. The van der Waals surface area contributed by atoms with Crippen LogP contribution in [-0.2, 0) is 0 Å². The highest BCUT2D eigenvalue weighted by atomic mass is 16.1. The average Bonchev–Trinajstić information content (AvgIpc) is 2.46. The van der Waals surface area contributed by atoms with Gasteiger partial charge in [0, 0.05) is 24.0 Å². The molecule has 2 nitrogen and oxygen atoms in total. The summed E-state index contributed by atoms with van der Waals surface area (Å²) in [6, 6.07) is 11.5. The second kappa shape index (κ2) is 6.47. The van der Waals surface area contributed by atoms with E-state index in [9.17, 15) is 9.59 Å². The van der Waals surface area contributed by atoms with Crippen molar-refractivity contribution in [1.29, 1.82) is 0 Å². The van der Waals surface area contributed by atoms with Crippen LogP contribution in [0.15, 0.2) is 36.4 Å². The molecule has 0 saturated carbocycles. The lowest BCUT2D eigenvalue weighted by Gasteiger charge is -2.11. The Morgan fingerprint density at radius 2 is 1.50 bits per heavy atom. The van der Waals surface area contributed by atoms with Crippen molar-refractivity contribution in [3.63, 3.8) is 0 Å². The van der Waals surface area contributed by atoms with E-state index in [1.807, 2.05) is 50.2 Å². The number of Topliss-reactive ketones (excluding diaryl/α,β-unsaturated/α-hetero) is 2. The van der Waals surface area contributed by atoms with Gasteiger partial charge in [-0.05, 0) is 23.6 Å². The van der Waals surface area contributed by atoms with Gasteiger partial charge in [0.25, 0.3) is 0 Å². The highest BCUT2D eigenvalue weighted by Crippen LogP contribution is 2.25. The van der Waals surface area contributed by atoms with Gasteiger partial charge in [0.2, 0.25) is 0 Å². The molecule has 0 spiro atoms. The molecule has 20 heavy (non-hydrogen) atoms. The molecule has 2 rings (SSSR count). The molecular formula is C18H20O2. The number of rotatable bonds is 6. The standard InChI is InChI=1S/C18H20O2/c1-3-7-16(19)15-12-11-13-9-5-6-10-14(13)18(15)17(20)8-4-2/h5-6,9-12H,3-4,7-8H2,1-2H3. The van der Waals surface area contributed by atoms with Crippen molar-refractivity contribution < 1.29 is 9.59 Å². The summed E-state index contributed by atoms with van der Waals surface area (Å²) in [5.74, 6) is 0.140. The van der Waals surface area contributed by atoms with Gasteiger partial charge >= 0.3 is 0 Å². The predicted molar refractivity (Wildman–Crippen MR) is 82.4 cm³/mol. The number of ketones is 2. The fourth-order valence-corrected chi connectivity index (χ4v) is 2.52. The Morgan fingerprint density at radius 1 is 0.850 bits per heavy atom. The lowest BCUT2D eigenvalue weighted by molar-refractivity contribution is 0.0950. The Morgan fingerprint density at radius 3 is 2.20 bits per heavy atom. The molecule has 0 aliphatic carbocycles. The molecule has 2 aromatic rings. The number of benzene rings is 2. The SMILES string of the molecule is CCCC(=O)c1ccc2ccccc2c1C(=O)CCC. The van der Waals surface area contributed by atoms with Crippen molar-refractivity contribution in [1.82, 2.24) is 0 Å². The summed E-state index contributed by atoms with van der Waals surface area (Å²) in [7, 11) is 0. The first-order chi connectivity index (χ1) is 9.69. The summed E-state index contributed by atoms with van der Waals surface area (Å²) >= 11 is 0. The Labute approximate surface area is 119 Å². The monoisotopic (exact) mass is 268 g/mol. The zero-order valence-corrected chi connectivity index (χ0v) is 12.1. The molecule has 104 valence electrons. The van der Waals surface area contributed by atoms with E-state index in [1.165, 1.54) is 0 Å². The summed E-state index contributed by atoms with van der Waals surface area (Å²) in [5.41, 5.74) is 1.20. The van der Waals surface area contributed by atoms with Crippen LogP contribution in [0.1, 0.15) is 60.2 Å². The van der Waals surface area contributed by atoms with Crippen molar-refractivity contribution in [2.75, 3.05) is 0 Å². The van der Waals surface area contributed by atoms with Crippen LogP contribution in [0.4, 0.5) is 0 Å². The Kier molecular flexibility index (Phi) is 4.67. The van der Waals surface area contributed by atoms with Gasteiger partial charge in [-0.2, -0.15) is 0 Å². The van der Waals surface area contributed by atoms with Crippen LogP contribution in [0.5, 0.6) is 0 Å². The Hall–Kier alpha value is -1.96. The molecular weight excluding hydrogens is 248 g/mol. The molecule has 0 unspecified atom stereocenters. The fraction of sp³-hybridized carbons (Fsp3) is 0.333. The van der Waals surface area contributed by atoms with Crippen LogP contribution in [0.2, 0.25) is 0 Å². The van der Waals surface area contributed by atoms with Gasteiger partial charge in [0.1, 0.15) is 0 Å². The van der Waals surface area contributed by atoms with Gasteiger partial charge in [-0.3, -0.25) is 9.59 Å². The van der Waals surface area contributed by atoms with E-state index in [2.05, 4.69) is 0 Å². The minimum Gasteiger partial charge on any atom is -0.294 e. The van der Waals surface area contributed by atoms with E-state index < -0.39 is 0 Å². The second-order valence-corrected chi connectivity index (χ2v) is 5.06. The van der Waals surface area contributed by atoms with Crippen molar-refractivity contribution in [2.24, 2.45) is 0 Å². The first kappa shape index (κ1) is 14.4. The average molecular weight is 268 g/mol. The highest BCUT2D eigenvalue weighted by Gasteiger charge is 2.18. The van der Waals surface area contributed by atoms with Crippen molar-refractivity contribution in [2.45, 2.75) is 39.5 Å². The van der Waals surface area contributed by atoms with E-state index in [0.29, 0.717) is 24.0 Å². The number of hydrogen-bond acceptors (Lipinski definition) is 2. The third kappa shape index (κ3) is 2.79. The largest absolute Gasteiger partial charge is 0.294 e. The van der Waals surface area contributed by atoms with Crippen LogP contribution >= 0.6 is 0 Å². The van der Waals surface area contributed by atoms with Gasteiger partial charge in [-0.1, -0.05) is 50.2 Å². The zero-order valence-electron chi connectivity index (χ0n) is 12.1. The number of fused-ring (bicyclic) bond motifs is 1. The predicted octanol–water partition coefficient (Wildman–Crippen LogP) is 4.81. The molecule has 0 aliphatic heterocycles. The smallest absolute Gasteiger partial charge is 0.164 e. The molecule has 0 N–H and O–H groups in total. The number of carbonyl (C=O) groups excluding carboxylic acids is 2. The van der Waals surface area contributed by atoms with Gasteiger partial charge in [0.15, 0.2) is 11.6 Å². The molecule has 0 heterocycles. The van der Waals surface area contributed by atoms with Gasteiger partial charge in [-0.25, -0.2) is 0 Å². The lowest BCUT2D eigenvalue weighted by Crippen LogP contribution is -2.09. The maximum Gasteiger partial charge on any atom is 0.164 e. The molecule has 0 aliphatic rings. The highest BCUT2D eigenvalue weighted by molar-refractivity contribution is 6.16.